The van der Waals surface area contributed by atoms with Gasteiger partial charge in [-0.3, -0.25) is 18.7 Å². The van der Waals surface area contributed by atoms with Crippen molar-refractivity contribution < 1.29 is 9.90 Å². The fraction of sp³-hybridized carbons (Fsp3) is 0.160. The molecule has 162 valence electrons. The quantitative estimate of drug-likeness (QED) is 0.440. The molecule has 0 radical (unpaired) electrons. The maximum absolute atomic E-state index is 13.4. The third kappa shape index (κ3) is 4.42. The predicted octanol–water partition coefficient (Wildman–Crippen LogP) is 3.28. The summed E-state index contributed by atoms with van der Waals surface area (Å²) in [5.41, 5.74) is 1.89. The summed E-state index contributed by atoms with van der Waals surface area (Å²) >= 11 is 6.17. The molecule has 0 saturated carbocycles. The Labute approximate surface area is 188 Å². The van der Waals surface area contributed by atoms with Gasteiger partial charge >= 0.3 is 5.69 Å². The molecule has 32 heavy (non-hydrogen) atoms. The minimum Gasteiger partial charge on any atom is -0.388 e. The molecule has 1 aromatic heterocycles. The number of Topliss-reactive ketones (excluding diaryl/α,β-unsaturated/α-hetero) is 1. The SMILES string of the molecule is O=C(CO)c1ccc(Cn2c(=O)n(CCc3ccccc3)c(=O)c3ccc(Cl)cc32)cc1. The van der Waals surface area contributed by atoms with Crippen LogP contribution in [0.3, 0.4) is 0 Å². The number of aryl methyl sites for hydroxylation is 1. The van der Waals surface area contributed by atoms with Gasteiger partial charge in [0.1, 0.15) is 6.61 Å². The Morgan fingerprint density at radius 3 is 2.28 bits per heavy atom. The van der Waals surface area contributed by atoms with Crippen LogP contribution in [0.1, 0.15) is 21.5 Å². The van der Waals surface area contributed by atoms with Crippen LogP contribution in [0.2, 0.25) is 5.02 Å². The lowest BCUT2D eigenvalue weighted by molar-refractivity contribution is 0.0903. The maximum atomic E-state index is 13.4. The largest absolute Gasteiger partial charge is 0.388 e. The van der Waals surface area contributed by atoms with Gasteiger partial charge < -0.3 is 5.11 Å². The number of aliphatic hydroxyl groups is 1. The summed E-state index contributed by atoms with van der Waals surface area (Å²) in [6.45, 7) is -0.104. The second kappa shape index (κ2) is 9.34. The lowest BCUT2D eigenvalue weighted by Gasteiger charge is -2.15. The van der Waals surface area contributed by atoms with Crippen LogP contribution < -0.4 is 11.2 Å². The number of hydrogen-bond donors (Lipinski definition) is 1. The van der Waals surface area contributed by atoms with Gasteiger partial charge in [0.05, 0.1) is 17.4 Å². The molecule has 3 aromatic carbocycles. The number of halogens is 1. The van der Waals surface area contributed by atoms with Crippen molar-refractivity contribution in [3.05, 3.63) is 115 Å². The molecule has 0 amide bonds. The zero-order chi connectivity index (χ0) is 22.7. The van der Waals surface area contributed by atoms with E-state index in [4.69, 9.17) is 16.7 Å². The molecular weight excluding hydrogens is 428 g/mol. The van der Waals surface area contributed by atoms with Crippen LogP contribution in [-0.2, 0) is 19.5 Å². The fourth-order valence-electron chi connectivity index (χ4n) is 3.70. The van der Waals surface area contributed by atoms with E-state index in [2.05, 4.69) is 0 Å². The second-order valence-corrected chi connectivity index (χ2v) is 7.94. The molecule has 7 heteroatoms. The highest BCUT2D eigenvalue weighted by Gasteiger charge is 2.14. The van der Waals surface area contributed by atoms with Crippen LogP contribution in [0.5, 0.6) is 0 Å². The Balaban J connectivity index is 1.78. The van der Waals surface area contributed by atoms with Crippen molar-refractivity contribution in [2.24, 2.45) is 0 Å². The number of hydrogen-bond acceptors (Lipinski definition) is 4. The monoisotopic (exact) mass is 448 g/mol. The van der Waals surface area contributed by atoms with Gasteiger partial charge in [-0.15, -0.1) is 0 Å². The molecule has 0 atom stereocenters. The molecule has 0 saturated heterocycles. The smallest absolute Gasteiger partial charge is 0.331 e. The number of carbonyl (C=O) groups is 1. The van der Waals surface area contributed by atoms with Crippen LogP contribution in [0.15, 0.2) is 82.4 Å². The molecule has 0 aliphatic carbocycles. The van der Waals surface area contributed by atoms with E-state index in [1.54, 1.807) is 42.5 Å². The highest BCUT2D eigenvalue weighted by molar-refractivity contribution is 6.31. The first-order valence-electron chi connectivity index (χ1n) is 10.2. The predicted molar refractivity (Wildman–Crippen MR) is 125 cm³/mol. The highest BCUT2D eigenvalue weighted by atomic mass is 35.5. The van der Waals surface area contributed by atoms with Crippen LogP contribution in [0.4, 0.5) is 0 Å². The topological polar surface area (TPSA) is 81.3 Å². The third-order valence-corrected chi connectivity index (χ3v) is 5.65. The molecule has 0 spiro atoms. The number of nitrogens with zero attached hydrogens (tertiary/aromatic N) is 2. The van der Waals surface area contributed by atoms with E-state index in [0.29, 0.717) is 27.9 Å². The zero-order valence-corrected chi connectivity index (χ0v) is 18.0. The summed E-state index contributed by atoms with van der Waals surface area (Å²) in [5.74, 6) is -0.375. The minimum absolute atomic E-state index is 0.203. The average Bonchev–Trinajstić information content (AvgIpc) is 2.82. The number of rotatable bonds is 7. The maximum Gasteiger partial charge on any atom is 0.331 e. The molecule has 0 bridgehead atoms. The fourth-order valence-corrected chi connectivity index (χ4v) is 3.86. The van der Waals surface area contributed by atoms with Crippen molar-refractivity contribution >= 4 is 28.3 Å². The summed E-state index contributed by atoms with van der Waals surface area (Å²) in [6.07, 6.45) is 0.549. The van der Waals surface area contributed by atoms with Gasteiger partial charge in [0.15, 0.2) is 5.78 Å². The Hall–Kier alpha value is -3.48. The van der Waals surface area contributed by atoms with Crippen molar-refractivity contribution in [2.45, 2.75) is 19.5 Å². The summed E-state index contributed by atoms with van der Waals surface area (Å²) in [5, 5.41) is 9.86. The molecule has 4 rings (SSSR count). The molecule has 0 unspecified atom stereocenters. The minimum atomic E-state index is -0.561. The lowest BCUT2D eigenvalue weighted by atomic mass is 10.1. The Bertz CT molecular complexity index is 1390. The number of benzene rings is 3. The second-order valence-electron chi connectivity index (χ2n) is 7.50. The van der Waals surface area contributed by atoms with Gasteiger partial charge in [0.2, 0.25) is 0 Å². The molecule has 0 aliphatic heterocycles. The van der Waals surface area contributed by atoms with E-state index in [-0.39, 0.29) is 24.4 Å². The number of ketones is 1. The van der Waals surface area contributed by atoms with Gasteiger partial charge in [0, 0.05) is 17.1 Å². The molecule has 4 aromatic rings. The molecule has 1 heterocycles. The van der Waals surface area contributed by atoms with Crippen LogP contribution >= 0.6 is 11.6 Å². The van der Waals surface area contributed by atoms with E-state index in [1.807, 2.05) is 30.3 Å². The number of aromatic nitrogens is 2. The molecule has 1 N–H and O–H groups in total. The van der Waals surface area contributed by atoms with Gasteiger partial charge in [-0.1, -0.05) is 66.2 Å². The van der Waals surface area contributed by atoms with E-state index in [0.717, 1.165) is 11.1 Å². The van der Waals surface area contributed by atoms with Crippen LogP contribution in [-0.4, -0.2) is 26.6 Å². The van der Waals surface area contributed by atoms with Gasteiger partial charge in [-0.05, 0) is 35.7 Å². The number of carbonyl (C=O) groups excluding carboxylic acids is 1. The van der Waals surface area contributed by atoms with E-state index < -0.39 is 12.3 Å². The van der Waals surface area contributed by atoms with Gasteiger partial charge in [-0.2, -0.15) is 0 Å². The molecule has 0 aliphatic rings. The highest BCUT2D eigenvalue weighted by Crippen LogP contribution is 2.17. The summed E-state index contributed by atoms with van der Waals surface area (Å²) in [6, 6.07) is 21.2. The summed E-state index contributed by atoms with van der Waals surface area (Å²) in [7, 11) is 0. The van der Waals surface area contributed by atoms with Gasteiger partial charge in [0.25, 0.3) is 5.56 Å². The summed E-state index contributed by atoms with van der Waals surface area (Å²) in [4.78, 5) is 38.1. The van der Waals surface area contributed by atoms with E-state index in [9.17, 15) is 14.4 Å². The zero-order valence-electron chi connectivity index (χ0n) is 17.2. The Morgan fingerprint density at radius 2 is 1.59 bits per heavy atom. The third-order valence-electron chi connectivity index (χ3n) is 5.42. The van der Waals surface area contributed by atoms with Crippen molar-refractivity contribution in [1.82, 2.24) is 9.13 Å². The van der Waals surface area contributed by atoms with Crippen molar-refractivity contribution in [3.63, 3.8) is 0 Å². The van der Waals surface area contributed by atoms with E-state index >= 15 is 0 Å². The first kappa shape index (κ1) is 21.7. The standard InChI is InChI=1S/C25H21ClN2O4/c26-20-10-11-21-22(14-20)28(15-18-6-8-19(9-7-18)23(30)16-29)25(32)27(24(21)31)13-12-17-4-2-1-3-5-17/h1-11,14,29H,12-13,15-16H2. The van der Waals surface area contributed by atoms with Gasteiger partial charge in [-0.25, -0.2) is 4.79 Å². The lowest BCUT2D eigenvalue weighted by Crippen LogP contribution is -2.40. The molecular formula is C25H21ClN2O4. The van der Waals surface area contributed by atoms with Crippen molar-refractivity contribution in [2.75, 3.05) is 6.61 Å². The number of aliphatic hydroxyl groups excluding tert-OH is 1. The van der Waals surface area contributed by atoms with Crippen LogP contribution in [0, 0.1) is 0 Å². The Kier molecular flexibility index (Phi) is 6.35. The molecule has 0 fully saturated rings. The normalized spacial score (nSPS) is 11.1. The van der Waals surface area contributed by atoms with Crippen LogP contribution in [0.25, 0.3) is 10.9 Å². The van der Waals surface area contributed by atoms with Crippen molar-refractivity contribution in [1.29, 1.82) is 0 Å². The first-order valence-corrected chi connectivity index (χ1v) is 10.6. The average molecular weight is 449 g/mol. The first-order chi connectivity index (χ1) is 15.5. The van der Waals surface area contributed by atoms with Crippen molar-refractivity contribution in [3.8, 4) is 0 Å². The van der Waals surface area contributed by atoms with E-state index in [1.165, 1.54) is 9.13 Å². The number of fused-ring (bicyclic) bond motifs is 1. The summed E-state index contributed by atoms with van der Waals surface area (Å²) < 4.78 is 2.78. The Morgan fingerprint density at radius 1 is 0.875 bits per heavy atom. The molecule has 6 nitrogen and oxygen atoms in total.